The van der Waals surface area contributed by atoms with Crippen LogP contribution >= 0.6 is 11.6 Å². The molecule has 10 heteroatoms. The van der Waals surface area contributed by atoms with Gasteiger partial charge in [-0.05, 0) is 54.1 Å². The normalized spacial score (nSPS) is 17.5. The van der Waals surface area contributed by atoms with E-state index >= 15 is 4.39 Å². The number of hydrogen-bond acceptors (Lipinski definition) is 5. The van der Waals surface area contributed by atoms with Crippen LogP contribution in [0.15, 0.2) is 60.7 Å². The van der Waals surface area contributed by atoms with Crippen molar-refractivity contribution in [1.82, 2.24) is 4.90 Å². The number of morpholine rings is 1. The highest BCUT2D eigenvalue weighted by molar-refractivity contribution is 6.31. The first kappa shape index (κ1) is 24.9. The quantitative estimate of drug-likeness (QED) is 0.352. The third kappa shape index (κ3) is 4.43. The Morgan fingerprint density at radius 2 is 1.66 bits per heavy atom. The van der Waals surface area contributed by atoms with Gasteiger partial charge in [0.1, 0.15) is 18.2 Å². The molecule has 5 nitrogen and oxygen atoms in total. The fourth-order valence-electron chi connectivity index (χ4n) is 5.32. The average molecular weight is 546 g/mol. The van der Waals surface area contributed by atoms with Crippen molar-refractivity contribution < 1.29 is 27.0 Å². The van der Waals surface area contributed by atoms with E-state index in [0.29, 0.717) is 57.4 Å². The average Bonchev–Trinajstić information content (AvgIpc) is 2.92. The zero-order chi connectivity index (χ0) is 26.4. The van der Waals surface area contributed by atoms with Crippen molar-refractivity contribution in [2.24, 2.45) is 0 Å². The molecule has 0 aromatic heterocycles. The van der Waals surface area contributed by atoms with Gasteiger partial charge in [0, 0.05) is 34.9 Å². The number of fused-ring (bicyclic) bond motifs is 2. The highest BCUT2D eigenvalue weighted by Gasteiger charge is 2.35. The molecular formula is C28H24ClF4N3O2. The first-order valence-corrected chi connectivity index (χ1v) is 12.7. The molecule has 0 aliphatic carbocycles. The lowest BCUT2D eigenvalue weighted by atomic mass is 9.93. The summed E-state index contributed by atoms with van der Waals surface area (Å²) in [4.78, 5) is 2.17. The SMILES string of the molecule is Fc1ccc2c(c1-c1cc(Cl)cc(C(F)(F)F)c1)N(N1CCOc3ccccc31)CC=C2N1CCOCC1. The van der Waals surface area contributed by atoms with Gasteiger partial charge in [-0.3, -0.25) is 10.0 Å². The fraction of sp³-hybridized carbons (Fsp3) is 0.286. The number of halogens is 5. The third-order valence-corrected chi connectivity index (χ3v) is 7.20. The molecule has 0 amide bonds. The van der Waals surface area contributed by atoms with Gasteiger partial charge in [-0.2, -0.15) is 13.2 Å². The van der Waals surface area contributed by atoms with Gasteiger partial charge in [0.05, 0.1) is 43.2 Å². The molecule has 0 atom stereocenters. The number of nitrogens with zero attached hydrogens (tertiary/aromatic N) is 3. The Labute approximate surface area is 222 Å². The summed E-state index contributed by atoms with van der Waals surface area (Å²) < 4.78 is 68.3. The Bertz CT molecular complexity index is 1410. The largest absolute Gasteiger partial charge is 0.489 e. The molecule has 3 aliphatic rings. The number of benzene rings is 3. The van der Waals surface area contributed by atoms with E-state index in [9.17, 15) is 13.2 Å². The molecule has 0 saturated carbocycles. The molecule has 3 heterocycles. The van der Waals surface area contributed by atoms with Gasteiger partial charge in [0.2, 0.25) is 0 Å². The van der Waals surface area contributed by atoms with Gasteiger partial charge in [-0.15, -0.1) is 0 Å². The number of ether oxygens (including phenoxy) is 2. The standard InChI is InChI=1S/C28H24ClF4N3O2/c29-20-16-18(15-19(17-20)28(31,32)33)26-22(30)6-5-21-23(34-9-12-37-13-10-34)7-8-36(27(21)26)35-11-14-38-25-4-2-1-3-24(25)35/h1-7,15-17H,8-14H2. The molecule has 3 aliphatic heterocycles. The van der Waals surface area contributed by atoms with Crippen LogP contribution in [0.3, 0.4) is 0 Å². The maximum Gasteiger partial charge on any atom is 0.416 e. The van der Waals surface area contributed by atoms with Crippen LogP contribution in [0, 0.1) is 5.82 Å². The van der Waals surface area contributed by atoms with Gasteiger partial charge in [-0.1, -0.05) is 23.7 Å². The second kappa shape index (κ2) is 9.71. The minimum absolute atomic E-state index is 0.0638. The van der Waals surface area contributed by atoms with Crippen molar-refractivity contribution in [3.8, 4) is 16.9 Å². The predicted octanol–water partition coefficient (Wildman–Crippen LogP) is 6.47. The molecule has 1 fully saturated rings. The highest BCUT2D eigenvalue weighted by atomic mass is 35.5. The fourth-order valence-corrected chi connectivity index (χ4v) is 5.55. The molecule has 0 spiro atoms. The van der Waals surface area contributed by atoms with Crippen molar-refractivity contribution in [3.05, 3.63) is 82.6 Å². The van der Waals surface area contributed by atoms with E-state index in [0.717, 1.165) is 29.1 Å². The zero-order valence-electron chi connectivity index (χ0n) is 20.3. The summed E-state index contributed by atoms with van der Waals surface area (Å²) in [5.41, 5.74) is 2.12. The molecule has 0 bridgehead atoms. The number of para-hydroxylation sites is 2. The van der Waals surface area contributed by atoms with E-state index in [4.69, 9.17) is 21.1 Å². The van der Waals surface area contributed by atoms with E-state index in [-0.39, 0.29) is 16.1 Å². The van der Waals surface area contributed by atoms with E-state index in [1.165, 1.54) is 12.1 Å². The van der Waals surface area contributed by atoms with Gasteiger partial charge < -0.3 is 14.4 Å². The summed E-state index contributed by atoms with van der Waals surface area (Å²) in [6.07, 6.45) is -2.56. The first-order chi connectivity index (χ1) is 18.3. The summed E-state index contributed by atoms with van der Waals surface area (Å²) in [5, 5.41) is 3.81. The van der Waals surface area contributed by atoms with Gasteiger partial charge in [0.15, 0.2) is 0 Å². The summed E-state index contributed by atoms with van der Waals surface area (Å²) in [6.45, 7) is 3.72. The topological polar surface area (TPSA) is 28.2 Å². The molecule has 198 valence electrons. The van der Waals surface area contributed by atoms with E-state index in [1.54, 1.807) is 6.07 Å². The van der Waals surface area contributed by atoms with Crippen LogP contribution < -0.4 is 14.8 Å². The number of alkyl halides is 3. The van der Waals surface area contributed by atoms with Crippen molar-refractivity contribution in [1.29, 1.82) is 0 Å². The summed E-state index contributed by atoms with van der Waals surface area (Å²) >= 11 is 6.15. The summed E-state index contributed by atoms with van der Waals surface area (Å²) in [5.74, 6) is 0.0530. The maximum absolute atomic E-state index is 15.8. The van der Waals surface area contributed by atoms with Gasteiger partial charge in [0.25, 0.3) is 0 Å². The molecule has 0 radical (unpaired) electrons. The van der Waals surface area contributed by atoms with Crippen LogP contribution in [0.25, 0.3) is 16.8 Å². The number of hydrazine groups is 1. The molecule has 3 aromatic carbocycles. The molecular weight excluding hydrogens is 522 g/mol. The Hall–Kier alpha value is -3.43. The van der Waals surface area contributed by atoms with Crippen molar-refractivity contribution in [2.75, 3.05) is 56.0 Å². The minimum Gasteiger partial charge on any atom is -0.489 e. The lowest BCUT2D eigenvalue weighted by Gasteiger charge is -2.45. The minimum atomic E-state index is -4.63. The lowest BCUT2D eigenvalue weighted by molar-refractivity contribution is -0.137. The molecule has 0 unspecified atom stereocenters. The van der Waals surface area contributed by atoms with Crippen LogP contribution in [0.1, 0.15) is 11.1 Å². The highest BCUT2D eigenvalue weighted by Crippen LogP contribution is 2.46. The number of rotatable bonds is 3. The van der Waals surface area contributed by atoms with E-state index < -0.39 is 17.6 Å². The molecule has 0 N–H and O–H groups in total. The van der Waals surface area contributed by atoms with Crippen LogP contribution in [-0.2, 0) is 10.9 Å². The Kier molecular flexibility index (Phi) is 6.36. The Morgan fingerprint density at radius 1 is 0.868 bits per heavy atom. The van der Waals surface area contributed by atoms with Crippen LogP contribution in [0.4, 0.5) is 28.9 Å². The smallest absolute Gasteiger partial charge is 0.416 e. The molecule has 1 saturated heterocycles. The van der Waals surface area contributed by atoms with Gasteiger partial charge in [-0.25, -0.2) is 4.39 Å². The molecule has 3 aromatic rings. The van der Waals surface area contributed by atoms with E-state index in [1.807, 2.05) is 34.3 Å². The maximum atomic E-state index is 15.8. The lowest BCUT2D eigenvalue weighted by Crippen LogP contribution is -2.50. The van der Waals surface area contributed by atoms with Crippen molar-refractivity contribution in [3.63, 3.8) is 0 Å². The molecule has 38 heavy (non-hydrogen) atoms. The van der Waals surface area contributed by atoms with Crippen LogP contribution in [-0.4, -0.2) is 50.9 Å². The summed E-state index contributed by atoms with van der Waals surface area (Å²) in [7, 11) is 0. The second-order valence-corrected chi connectivity index (χ2v) is 9.69. The zero-order valence-corrected chi connectivity index (χ0v) is 21.0. The molecule has 6 rings (SSSR count). The first-order valence-electron chi connectivity index (χ1n) is 12.3. The van der Waals surface area contributed by atoms with Crippen molar-refractivity contribution >= 4 is 28.7 Å². The second-order valence-electron chi connectivity index (χ2n) is 9.26. The third-order valence-electron chi connectivity index (χ3n) is 6.98. The summed E-state index contributed by atoms with van der Waals surface area (Å²) in [6, 6.07) is 13.7. The predicted molar refractivity (Wildman–Crippen MR) is 139 cm³/mol. The van der Waals surface area contributed by atoms with Crippen LogP contribution in [0.2, 0.25) is 5.02 Å². The van der Waals surface area contributed by atoms with Gasteiger partial charge >= 0.3 is 6.18 Å². The number of anilines is 2. The monoisotopic (exact) mass is 545 g/mol. The van der Waals surface area contributed by atoms with Crippen molar-refractivity contribution in [2.45, 2.75) is 6.18 Å². The Morgan fingerprint density at radius 3 is 2.45 bits per heavy atom. The van der Waals surface area contributed by atoms with Crippen LogP contribution in [0.5, 0.6) is 5.75 Å². The number of hydrogen-bond donors (Lipinski definition) is 0. The van der Waals surface area contributed by atoms with E-state index in [2.05, 4.69) is 11.0 Å². The Balaban J connectivity index is 1.57.